The molecular weight excluding hydrogens is 444 g/mol. The number of pyridine rings is 1. The van der Waals surface area contributed by atoms with E-state index >= 15 is 0 Å². The molecule has 0 fully saturated rings. The summed E-state index contributed by atoms with van der Waals surface area (Å²) in [5, 5.41) is 9.56. The number of nitrogens with zero attached hydrogens (tertiary/aromatic N) is 2. The van der Waals surface area contributed by atoms with Crippen molar-refractivity contribution in [3.05, 3.63) is 72.6 Å². The first-order valence-electron chi connectivity index (χ1n) is 10.1. The fourth-order valence-electron chi connectivity index (χ4n) is 3.52. The molecule has 0 bridgehead atoms. The van der Waals surface area contributed by atoms with Crippen LogP contribution in [0.2, 0.25) is 0 Å². The van der Waals surface area contributed by atoms with Crippen LogP contribution in [0.1, 0.15) is 17.3 Å². The van der Waals surface area contributed by atoms with E-state index in [-0.39, 0.29) is 10.5 Å². The largest absolute Gasteiger partial charge is 0.478 e. The van der Waals surface area contributed by atoms with Gasteiger partial charge < -0.3 is 9.30 Å². The van der Waals surface area contributed by atoms with Crippen LogP contribution in [0.15, 0.2) is 71.9 Å². The zero-order valence-electron chi connectivity index (χ0n) is 17.9. The number of rotatable bonds is 7. The summed E-state index contributed by atoms with van der Waals surface area (Å²) in [6, 6.07) is 14.2. The summed E-state index contributed by atoms with van der Waals surface area (Å²) in [5.41, 5.74) is 4.75. The van der Waals surface area contributed by atoms with Crippen LogP contribution in [0.5, 0.6) is 5.88 Å². The number of anilines is 1. The van der Waals surface area contributed by atoms with E-state index in [0.29, 0.717) is 18.2 Å². The van der Waals surface area contributed by atoms with Crippen LogP contribution >= 0.6 is 0 Å². The van der Waals surface area contributed by atoms with Crippen LogP contribution in [0.4, 0.5) is 5.69 Å². The Bertz CT molecular complexity index is 1410. The first kappa shape index (κ1) is 22.3. The summed E-state index contributed by atoms with van der Waals surface area (Å²) in [6.07, 6.45) is 3.69. The molecule has 0 radical (unpaired) electrons. The summed E-state index contributed by atoms with van der Waals surface area (Å²) in [6.45, 7) is 2.42. The van der Waals surface area contributed by atoms with Gasteiger partial charge in [-0.3, -0.25) is 14.7 Å². The topological polar surface area (TPSA) is 123 Å². The number of hydrogen-bond acceptors (Lipinski definition) is 6. The van der Waals surface area contributed by atoms with Crippen LogP contribution in [0.3, 0.4) is 0 Å². The molecule has 2 aromatic heterocycles. The molecule has 0 aliphatic carbocycles. The van der Waals surface area contributed by atoms with Crippen LogP contribution < -0.4 is 14.9 Å². The molecule has 0 atom stereocenters. The number of carbonyl (C=O) groups is 1. The number of nitrogens with one attached hydrogen (secondary N) is 2. The fourth-order valence-corrected chi connectivity index (χ4v) is 4.57. The van der Waals surface area contributed by atoms with Gasteiger partial charge in [0.2, 0.25) is 5.88 Å². The third-order valence-electron chi connectivity index (χ3n) is 5.11. The van der Waals surface area contributed by atoms with Gasteiger partial charge >= 0.3 is 0 Å². The van der Waals surface area contributed by atoms with Gasteiger partial charge in [-0.1, -0.05) is 0 Å². The molecule has 3 N–H and O–H groups in total. The van der Waals surface area contributed by atoms with Crippen LogP contribution in [0.25, 0.3) is 22.0 Å². The molecule has 2 aromatic carbocycles. The van der Waals surface area contributed by atoms with E-state index in [1.807, 2.05) is 36.9 Å². The Balaban J connectivity index is 1.66. The van der Waals surface area contributed by atoms with Gasteiger partial charge in [0.1, 0.15) is 0 Å². The first-order valence-corrected chi connectivity index (χ1v) is 11.6. The normalized spacial score (nSPS) is 11.4. The second-order valence-electron chi connectivity index (χ2n) is 7.27. The summed E-state index contributed by atoms with van der Waals surface area (Å²) < 4.78 is 35.7. The summed E-state index contributed by atoms with van der Waals surface area (Å²) >= 11 is 0. The van der Waals surface area contributed by atoms with Gasteiger partial charge in [-0.05, 0) is 55.5 Å². The van der Waals surface area contributed by atoms with Crippen molar-refractivity contribution >= 4 is 32.5 Å². The molecular formula is C23H22N4O5S. The highest BCUT2D eigenvalue weighted by atomic mass is 32.2. The van der Waals surface area contributed by atoms with E-state index in [4.69, 9.17) is 9.94 Å². The maximum atomic E-state index is 12.9. The van der Waals surface area contributed by atoms with E-state index in [0.717, 1.165) is 22.0 Å². The Morgan fingerprint density at radius 3 is 2.52 bits per heavy atom. The van der Waals surface area contributed by atoms with Gasteiger partial charge in [-0.15, -0.1) is 0 Å². The molecule has 4 aromatic rings. The van der Waals surface area contributed by atoms with Gasteiger partial charge in [0.15, 0.2) is 0 Å². The molecule has 9 nitrogen and oxygen atoms in total. The molecule has 33 heavy (non-hydrogen) atoms. The van der Waals surface area contributed by atoms with E-state index in [9.17, 15) is 13.2 Å². The van der Waals surface area contributed by atoms with E-state index in [1.165, 1.54) is 29.7 Å². The molecule has 2 heterocycles. The number of hydrogen-bond donors (Lipinski definition) is 3. The van der Waals surface area contributed by atoms with Gasteiger partial charge in [-0.2, -0.15) is 0 Å². The lowest BCUT2D eigenvalue weighted by molar-refractivity contribution is 0.0706. The van der Waals surface area contributed by atoms with Crippen molar-refractivity contribution in [3.63, 3.8) is 0 Å². The Hall–Kier alpha value is -3.89. The molecule has 1 amide bonds. The zero-order chi connectivity index (χ0) is 23.6. The highest BCUT2D eigenvalue weighted by molar-refractivity contribution is 7.92. The van der Waals surface area contributed by atoms with Gasteiger partial charge in [0, 0.05) is 58.8 Å². The molecule has 0 saturated heterocycles. The highest BCUT2D eigenvalue weighted by Crippen LogP contribution is 2.33. The van der Waals surface area contributed by atoms with Crippen molar-refractivity contribution in [1.82, 2.24) is 15.0 Å². The molecule has 0 aliphatic heterocycles. The lowest BCUT2D eigenvalue weighted by Gasteiger charge is -2.10. The third-order valence-corrected chi connectivity index (χ3v) is 6.51. The number of aromatic nitrogens is 2. The van der Waals surface area contributed by atoms with Crippen LogP contribution in [-0.2, 0) is 17.1 Å². The molecule has 10 heteroatoms. The molecule has 0 aliphatic rings. The van der Waals surface area contributed by atoms with Crippen molar-refractivity contribution in [2.24, 2.45) is 7.05 Å². The van der Waals surface area contributed by atoms with Crippen molar-refractivity contribution < 1.29 is 23.2 Å². The molecule has 0 spiro atoms. The standard InChI is InChI=1S/C23H22N4O5S/c1-3-32-22-11-6-16(13-24-22)20-14-27(2)21-10-7-17(12-19(20)21)26-33(30,31)18-8-4-15(5-9-18)23(28)25-29/h4-14,26,29H,3H2,1-2H3,(H,25,28). The van der Waals surface area contributed by atoms with Crippen LogP contribution in [0, 0.1) is 0 Å². The smallest absolute Gasteiger partial charge is 0.274 e. The quantitative estimate of drug-likeness (QED) is 0.283. The Labute approximate surface area is 190 Å². The number of fused-ring (bicyclic) bond motifs is 1. The number of benzene rings is 2. The number of hydroxylamine groups is 1. The predicted molar refractivity (Wildman–Crippen MR) is 124 cm³/mol. The van der Waals surface area contributed by atoms with Gasteiger partial charge in [0.25, 0.3) is 15.9 Å². The van der Waals surface area contributed by atoms with Crippen molar-refractivity contribution in [2.75, 3.05) is 11.3 Å². The van der Waals surface area contributed by atoms with E-state index < -0.39 is 15.9 Å². The maximum absolute atomic E-state index is 12.9. The van der Waals surface area contributed by atoms with Gasteiger partial charge in [-0.25, -0.2) is 18.9 Å². The molecule has 4 rings (SSSR count). The van der Waals surface area contributed by atoms with Gasteiger partial charge in [0.05, 0.1) is 11.5 Å². The van der Waals surface area contributed by atoms with E-state index in [2.05, 4.69) is 9.71 Å². The van der Waals surface area contributed by atoms with E-state index in [1.54, 1.807) is 24.4 Å². The number of aryl methyl sites for hydroxylation is 1. The SMILES string of the molecule is CCOc1ccc(-c2cn(C)c3ccc(NS(=O)(=O)c4ccc(C(=O)NO)cc4)cc23)cn1. The second kappa shape index (κ2) is 8.93. The Morgan fingerprint density at radius 2 is 1.88 bits per heavy atom. The highest BCUT2D eigenvalue weighted by Gasteiger charge is 2.17. The fraction of sp³-hybridized carbons (Fsp3) is 0.130. The maximum Gasteiger partial charge on any atom is 0.274 e. The minimum atomic E-state index is -3.89. The number of sulfonamides is 1. The summed E-state index contributed by atoms with van der Waals surface area (Å²) in [5.74, 6) is -0.185. The summed E-state index contributed by atoms with van der Waals surface area (Å²) in [4.78, 5) is 15.8. The van der Waals surface area contributed by atoms with Crippen LogP contribution in [-0.4, -0.2) is 35.7 Å². The lowest BCUT2D eigenvalue weighted by Crippen LogP contribution is -2.19. The molecule has 170 valence electrons. The predicted octanol–water partition coefficient (Wildman–Crippen LogP) is 3.56. The minimum absolute atomic E-state index is 0.0129. The zero-order valence-corrected chi connectivity index (χ0v) is 18.8. The lowest BCUT2D eigenvalue weighted by atomic mass is 10.1. The molecule has 0 saturated carbocycles. The Kier molecular flexibility index (Phi) is 6.03. The summed E-state index contributed by atoms with van der Waals surface area (Å²) in [7, 11) is -1.98. The number of carbonyl (C=O) groups excluding carboxylic acids is 1. The number of amides is 1. The molecule has 0 unspecified atom stereocenters. The minimum Gasteiger partial charge on any atom is -0.478 e. The average Bonchev–Trinajstić information content (AvgIpc) is 3.15. The van der Waals surface area contributed by atoms with Crippen molar-refractivity contribution in [1.29, 1.82) is 0 Å². The Morgan fingerprint density at radius 1 is 1.12 bits per heavy atom. The van der Waals surface area contributed by atoms with Crippen molar-refractivity contribution in [3.8, 4) is 17.0 Å². The number of ether oxygens (including phenoxy) is 1. The first-order chi connectivity index (χ1) is 15.8. The third kappa shape index (κ3) is 4.52. The average molecular weight is 467 g/mol. The monoisotopic (exact) mass is 466 g/mol. The second-order valence-corrected chi connectivity index (χ2v) is 8.96. The van der Waals surface area contributed by atoms with Crippen molar-refractivity contribution in [2.45, 2.75) is 11.8 Å².